The minimum Gasteiger partial charge on any atom is -0.497 e. The van der Waals surface area contributed by atoms with Crippen molar-refractivity contribution in [3.05, 3.63) is 95.6 Å². The van der Waals surface area contributed by atoms with Crippen molar-refractivity contribution < 1.29 is 19.1 Å². The fourth-order valence-electron chi connectivity index (χ4n) is 3.71. The number of hydrogen-bond donors (Lipinski definition) is 1. The van der Waals surface area contributed by atoms with E-state index in [1.807, 2.05) is 35.9 Å². The lowest BCUT2D eigenvalue weighted by atomic mass is 10.0. The van der Waals surface area contributed by atoms with Gasteiger partial charge in [0.2, 0.25) is 0 Å². The van der Waals surface area contributed by atoms with Crippen molar-refractivity contribution in [1.82, 2.24) is 19.8 Å². The number of benzene rings is 2. The van der Waals surface area contributed by atoms with Crippen molar-refractivity contribution in [1.29, 1.82) is 0 Å². The van der Waals surface area contributed by atoms with Crippen molar-refractivity contribution in [3.63, 3.8) is 0 Å². The van der Waals surface area contributed by atoms with Gasteiger partial charge in [0.25, 0.3) is 17.7 Å². The highest BCUT2D eigenvalue weighted by atomic mass is 16.5. The molecule has 1 aromatic heterocycles. The highest BCUT2D eigenvalue weighted by molar-refractivity contribution is 6.22. The first kappa shape index (κ1) is 21.0. The second-order valence-electron chi connectivity index (χ2n) is 7.35. The van der Waals surface area contributed by atoms with E-state index in [1.165, 1.54) is 24.3 Å². The normalized spacial score (nSPS) is 13.6. The predicted molar refractivity (Wildman–Crippen MR) is 118 cm³/mol. The molecule has 8 nitrogen and oxygen atoms in total. The van der Waals surface area contributed by atoms with E-state index in [9.17, 15) is 14.4 Å². The lowest BCUT2D eigenvalue weighted by Gasteiger charge is -2.20. The number of nitrogens with one attached hydrogen (secondary N) is 1. The molecule has 1 aliphatic rings. The molecule has 0 saturated heterocycles. The van der Waals surface area contributed by atoms with E-state index in [0.717, 1.165) is 10.5 Å². The maximum absolute atomic E-state index is 13.2. The van der Waals surface area contributed by atoms with Crippen LogP contribution in [0.15, 0.2) is 67.5 Å². The molecule has 3 amide bonds. The lowest BCUT2D eigenvalue weighted by molar-refractivity contribution is 0.0672. The quantitative estimate of drug-likeness (QED) is 0.460. The van der Waals surface area contributed by atoms with Gasteiger partial charge in [-0.15, -0.1) is 6.58 Å². The molecule has 0 bridgehead atoms. The Kier molecular flexibility index (Phi) is 5.59. The van der Waals surface area contributed by atoms with E-state index in [0.29, 0.717) is 11.6 Å². The number of imidazole rings is 1. The molecule has 2 aromatic carbocycles. The van der Waals surface area contributed by atoms with Crippen LogP contribution in [0.1, 0.15) is 48.5 Å². The molecular formula is C24H22N4O4. The monoisotopic (exact) mass is 430 g/mol. The van der Waals surface area contributed by atoms with Gasteiger partial charge in [-0.05, 0) is 35.9 Å². The Labute approximate surface area is 185 Å². The molecule has 32 heavy (non-hydrogen) atoms. The zero-order valence-corrected chi connectivity index (χ0v) is 17.7. The maximum Gasteiger partial charge on any atom is 0.261 e. The number of ether oxygens (including phenoxy) is 1. The maximum atomic E-state index is 13.2. The Hall–Kier alpha value is -4.20. The minimum atomic E-state index is -0.555. The summed E-state index contributed by atoms with van der Waals surface area (Å²) < 4.78 is 7.15. The number of hydrogen-bond acceptors (Lipinski definition) is 5. The fourth-order valence-corrected chi connectivity index (χ4v) is 3.71. The van der Waals surface area contributed by atoms with Gasteiger partial charge in [0.15, 0.2) is 0 Å². The average molecular weight is 430 g/mol. The number of nitrogens with zero attached hydrogens (tertiary/aromatic N) is 3. The van der Waals surface area contributed by atoms with Gasteiger partial charge in [0.05, 0.1) is 18.2 Å². The first-order chi connectivity index (χ1) is 15.4. The van der Waals surface area contributed by atoms with Crippen molar-refractivity contribution in [2.24, 2.45) is 7.05 Å². The van der Waals surface area contributed by atoms with Gasteiger partial charge in [-0.2, -0.15) is 0 Å². The molecule has 0 spiro atoms. The standard InChI is InChI=1S/C24H22N4O4/c1-4-11-28-23(30)18-9-8-16(14-19(18)24(28)31)22(29)26-20(21-25-10-12-27(21)2)15-6-5-7-17(13-15)32-3/h4-10,12-14,20H,1,11H2,2-3H3,(H,26,29). The van der Waals surface area contributed by atoms with Crippen LogP contribution in [0, 0.1) is 0 Å². The molecule has 0 fully saturated rings. The van der Waals surface area contributed by atoms with Gasteiger partial charge >= 0.3 is 0 Å². The summed E-state index contributed by atoms with van der Waals surface area (Å²) >= 11 is 0. The molecule has 1 aliphatic heterocycles. The molecule has 0 aliphatic carbocycles. The zero-order valence-electron chi connectivity index (χ0n) is 17.7. The van der Waals surface area contributed by atoms with Crippen LogP contribution in [0.3, 0.4) is 0 Å². The van der Waals surface area contributed by atoms with Crippen molar-refractivity contribution >= 4 is 17.7 Å². The summed E-state index contributed by atoms with van der Waals surface area (Å²) in [5.41, 5.74) is 1.55. The number of fused-ring (bicyclic) bond motifs is 1. The van der Waals surface area contributed by atoms with E-state index in [-0.39, 0.29) is 29.1 Å². The zero-order chi connectivity index (χ0) is 22.8. The number of amides is 3. The molecule has 0 saturated carbocycles. The van der Waals surface area contributed by atoms with Crippen molar-refractivity contribution in [3.8, 4) is 5.75 Å². The SMILES string of the molecule is C=CCN1C(=O)c2ccc(C(=O)NC(c3cccc(OC)c3)c3nccn3C)cc2C1=O. The fraction of sp³-hybridized carbons (Fsp3) is 0.167. The van der Waals surface area contributed by atoms with Crippen molar-refractivity contribution in [2.75, 3.05) is 13.7 Å². The molecule has 2 heterocycles. The van der Waals surface area contributed by atoms with Crippen LogP contribution >= 0.6 is 0 Å². The smallest absolute Gasteiger partial charge is 0.261 e. The molecule has 1 atom stereocenters. The van der Waals surface area contributed by atoms with E-state index in [4.69, 9.17) is 4.74 Å². The van der Waals surface area contributed by atoms with E-state index in [1.54, 1.807) is 19.5 Å². The Balaban J connectivity index is 1.67. The van der Waals surface area contributed by atoms with E-state index >= 15 is 0 Å². The third-order valence-corrected chi connectivity index (χ3v) is 5.36. The summed E-state index contributed by atoms with van der Waals surface area (Å²) in [6.45, 7) is 3.70. The van der Waals surface area contributed by atoms with Crippen molar-refractivity contribution in [2.45, 2.75) is 6.04 Å². The number of carbonyl (C=O) groups is 3. The molecule has 3 aromatic rings. The van der Waals surface area contributed by atoms with Crippen LogP contribution in [-0.2, 0) is 7.05 Å². The van der Waals surface area contributed by atoms with Gasteiger partial charge in [0, 0.05) is 31.5 Å². The summed E-state index contributed by atoms with van der Waals surface area (Å²) in [5.74, 6) is 0.0641. The molecule has 4 rings (SSSR count). The number of aryl methyl sites for hydroxylation is 1. The third-order valence-electron chi connectivity index (χ3n) is 5.36. The molecule has 8 heteroatoms. The van der Waals surface area contributed by atoms with Crippen LogP contribution in [0.4, 0.5) is 0 Å². The second kappa shape index (κ2) is 8.50. The molecule has 0 radical (unpaired) electrons. The highest BCUT2D eigenvalue weighted by Crippen LogP contribution is 2.27. The number of rotatable bonds is 7. The topological polar surface area (TPSA) is 93.5 Å². The van der Waals surface area contributed by atoms with Gasteiger partial charge in [0.1, 0.15) is 17.6 Å². The summed E-state index contributed by atoms with van der Waals surface area (Å²) in [6, 6.07) is 11.3. The summed E-state index contributed by atoms with van der Waals surface area (Å²) in [5, 5.41) is 2.99. The van der Waals surface area contributed by atoms with E-state index < -0.39 is 17.9 Å². The van der Waals surface area contributed by atoms with Gasteiger partial charge in [-0.25, -0.2) is 4.98 Å². The number of methoxy groups -OCH3 is 1. The number of imide groups is 1. The molecular weight excluding hydrogens is 408 g/mol. The largest absolute Gasteiger partial charge is 0.497 e. The minimum absolute atomic E-state index is 0.116. The second-order valence-corrected chi connectivity index (χ2v) is 7.35. The van der Waals surface area contributed by atoms with Crippen LogP contribution in [-0.4, -0.2) is 45.8 Å². The average Bonchev–Trinajstić information content (AvgIpc) is 3.34. The van der Waals surface area contributed by atoms with Gasteiger partial charge in [-0.3, -0.25) is 19.3 Å². The summed E-state index contributed by atoms with van der Waals surface area (Å²) in [4.78, 5) is 43.7. The Bertz CT molecular complexity index is 1230. The molecule has 162 valence electrons. The predicted octanol–water partition coefficient (Wildman–Crippen LogP) is 2.73. The van der Waals surface area contributed by atoms with E-state index in [2.05, 4.69) is 16.9 Å². The highest BCUT2D eigenvalue weighted by Gasteiger charge is 2.35. The van der Waals surface area contributed by atoms with Crippen LogP contribution in [0.25, 0.3) is 0 Å². The summed E-state index contributed by atoms with van der Waals surface area (Å²) in [7, 11) is 3.42. The Morgan fingerprint density at radius 1 is 1.19 bits per heavy atom. The molecule has 1 N–H and O–H groups in total. The number of carbonyl (C=O) groups excluding carboxylic acids is 3. The molecule has 1 unspecified atom stereocenters. The Morgan fingerprint density at radius 3 is 2.66 bits per heavy atom. The lowest BCUT2D eigenvalue weighted by Crippen LogP contribution is -2.31. The third kappa shape index (κ3) is 3.66. The van der Waals surface area contributed by atoms with Gasteiger partial charge < -0.3 is 14.6 Å². The Morgan fingerprint density at radius 2 is 1.97 bits per heavy atom. The summed E-state index contributed by atoms with van der Waals surface area (Å²) in [6.07, 6.45) is 4.94. The van der Waals surface area contributed by atoms with Crippen LogP contribution < -0.4 is 10.1 Å². The first-order valence-corrected chi connectivity index (χ1v) is 9.97. The van der Waals surface area contributed by atoms with Crippen LogP contribution in [0.2, 0.25) is 0 Å². The first-order valence-electron chi connectivity index (χ1n) is 9.97. The van der Waals surface area contributed by atoms with Crippen LogP contribution in [0.5, 0.6) is 5.75 Å². The number of aromatic nitrogens is 2. The van der Waals surface area contributed by atoms with Gasteiger partial charge in [-0.1, -0.05) is 18.2 Å².